The SMILES string of the molecule is CC1CCCCN1C(=O)CNCCCN(C)C.O=C(O)C(=O)O. The van der Waals surface area contributed by atoms with E-state index in [0.29, 0.717) is 12.6 Å². The number of aliphatic carboxylic acids is 2. The molecule has 0 radical (unpaired) electrons. The summed E-state index contributed by atoms with van der Waals surface area (Å²) in [7, 11) is 4.14. The van der Waals surface area contributed by atoms with Crippen LogP contribution in [0, 0.1) is 0 Å². The molecule has 8 heteroatoms. The minimum atomic E-state index is -1.82. The second kappa shape index (κ2) is 11.8. The molecule has 8 nitrogen and oxygen atoms in total. The van der Waals surface area contributed by atoms with Crippen molar-refractivity contribution in [1.82, 2.24) is 15.1 Å². The Labute approximate surface area is 137 Å². The number of piperidine rings is 1. The normalized spacial score (nSPS) is 17.4. The molecule has 134 valence electrons. The van der Waals surface area contributed by atoms with Gasteiger partial charge in [0.15, 0.2) is 0 Å². The molecule has 1 saturated heterocycles. The Morgan fingerprint density at radius 2 is 1.78 bits per heavy atom. The van der Waals surface area contributed by atoms with Gasteiger partial charge < -0.3 is 25.3 Å². The van der Waals surface area contributed by atoms with Gasteiger partial charge in [0.05, 0.1) is 6.54 Å². The number of hydrogen-bond donors (Lipinski definition) is 3. The lowest BCUT2D eigenvalue weighted by atomic mass is 10.0. The molecule has 1 unspecified atom stereocenters. The molecule has 0 saturated carbocycles. The molecule has 1 atom stereocenters. The van der Waals surface area contributed by atoms with Crippen molar-refractivity contribution >= 4 is 17.8 Å². The minimum Gasteiger partial charge on any atom is -0.473 e. The smallest absolute Gasteiger partial charge is 0.414 e. The Hall–Kier alpha value is -1.67. The Kier molecular flexibility index (Phi) is 11.0. The average Bonchev–Trinajstić information content (AvgIpc) is 2.47. The van der Waals surface area contributed by atoms with Crippen LogP contribution in [0.15, 0.2) is 0 Å². The van der Waals surface area contributed by atoms with Crippen molar-refractivity contribution in [3.8, 4) is 0 Å². The minimum absolute atomic E-state index is 0.266. The summed E-state index contributed by atoms with van der Waals surface area (Å²) in [6.07, 6.45) is 4.68. The summed E-state index contributed by atoms with van der Waals surface area (Å²) in [5, 5.41) is 18.0. The molecule has 0 aliphatic carbocycles. The molecule has 1 fully saturated rings. The number of rotatable bonds is 6. The van der Waals surface area contributed by atoms with Crippen LogP contribution >= 0.6 is 0 Å². The maximum atomic E-state index is 12.0. The highest BCUT2D eigenvalue weighted by atomic mass is 16.4. The van der Waals surface area contributed by atoms with Gasteiger partial charge in [-0.2, -0.15) is 0 Å². The summed E-state index contributed by atoms with van der Waals surface area (Å²) in [4.78, 5) is 34.4. The van der Waals surface area contributed by atoms with Crippen LogP contribution in [0.25, 0.3) is 0 Å². The standard InChI is InChI=1S/C13H27N3O.C2H2O4/c1-12-7-4-5-10-16(12)13(17)11-14-8-6-9-15(2)3;3-1(4)2(5)6/h12,14H,4-11H2,1-3H3;(H,3,4)(H,5,6). The Morgan fingerprint density at radius 3 is 2.26 bits per heavy atom. The van der Waals surface area contributed by atoms with E-state index in [-0.39, 0.29) is 5.91 Å². The van der Waals surface area contributed by atoms with Gasteiger partial charge in [-0.15, -0.1) is 0 Å². The first-order chi connectivity index (χ1) is 10.8. The maximum absolute atomic E-state index is 12.0. The zero-order chi connectivity index (χ0) is 17.8. The molecule has 23 heavy (non-hydrogen) atoms. The molecular formula is C15H29N3O5. The zero-order valence-corrected chi connectivity index (χ0v) is 14.2. The highest BCUT2D eigenvalue weighted by molar-refractivity contribution is 6.27. The first-order valence-electron chi connectivity index (χ1n) is 7.86. The van der Waals surface area contributed by atoms with Gasteiger partial charge in [0.25, 0.3) is 0 Å². The van der Waals surface area contributed by atoms with Crippen LogP contribution in [-0.4, -0.2) is 84.2 Å². The molecule has 0 spiro atoms. The fourth-order valence-corrected chi connectivity index (χ4v) is 2.29. The molecule has 0 bridgehead atoms. The van der Waals surface area contributed by atoms with Gasteiger partial charge in [0, 0.05) is 12.6 Å². The third-order valence-electron chi connectivity index (χ3n) is 3.54. The van der Waals surface area contributed by atoms with Gasteiger partial charge in [-0.3, -0.25) is 4.79 Å². The monoisotopic (exact) mass is 331 g/mol. The topological polar surface area (TPSA) is 110 Å². The lowest BCUT2D eigenvalue weighted by Gasteiger charge is -2.33. The summed E-state index contributed by atoms with van der Waals surface area (Å²) in [5.41, 5.74) is 0. The predicted octanol–water partition coefficient (Wildman–Crippen LogP) is 0.0843. The van der Waals surface area contributed by atoms with Crippen LogP contribution in [0.1, 0.15) is 32.6 Å². The Morgan fingerprint density at radius 1 is 1.17 bits per heavy atom. The molecule has 1 aliphatic rings. The number of carbonyl (C=O) groups excluding carboxylic acids is 1. The predicted molar refractivity (Wildman–Crippen MR) is 86.3 cm³/mol. The molecule has 3 N–H and O–H groups in total. The maximum Gasteiger partial charge on any atom is 0.414 e. The van der Waals surface area contributed by atoms with Crippen LogP contribution in [-0.2, 0) is 14.4 Å². The second-order valence-electron chi connectivity index (χ2n) is 5.88. The molecule has 0 aromatic carbocycles. The molecule has 0 aromatic heterocycles. The van der Waals surface area contributed by atoms with Crippen LogP contribution in [0.5, 0.6) is 0 Å². The molecule has 1 heterocycles. The highest BCUT2D eigenvalue weighted by Crippen LogP contribution is 2.15. The Bertz CT molecular complexity index is 375. The number of nitrogens with one attached hydrogen (secondary N) is 1. The van der Waals surface area contributed by atoms with Gasteiger partial charge in [-0.05, 0) is 59.8 Å². The number of carbonyl (C=O) groups is 3. The van der Waals surface area contributed by atoms with E-state index in [1.54, 1.807) is 0 Å². The highest BCUT2D eigenvalue weighted by Gasteiger charge is 2.22. The van der Waals surface area contributed by atoms with Crippen molar-refractivity contribution < 1.29 is 24.6 Å². The van der Waals surface area contributed by atoms with Crippen LogP contribution < -0.4 is 5.32 Å². The average molecular weight is 331 g/mol. The Balaban J connectivity index is 0.000000688. The summed E-state index contributed by atoms with van der Waals surface area (Å²) in [6, 6.07) is 0.430. The van der Waals surface area contributed by atoms with Crippen molar-refractivity contribution in [2.45, 2.75) is 38.6 Å². The van der Waals surface area contributed by atoms with Gasteiger partial charge >= 0.3 is 11.9 Å². The van der Waals surface area contributed by atoms with Crippen molar-refractivity contribution in [2.75, 3.05) is 40.3 Å². The van der Waals surface area contributed by atoms with Crippen molar-refractivity contribution in [2.24, 2.45) is 0 Å². The third kappa shape index (κ3) is 10.6. The summed E-state index contributed by atoms with van der Waals surface area (Å²) in [5.74, 6) is -3.38. The summed E-state index contributed by atoms with van der Waals surface area (Å²) < 4.78 is 0. The molecule has 0 aromatic rings. The number of amides is 1. The number of carboxylic acid groups (broad SMARTS) is 2. The van der Waals surface area contributed by atoms with E-state index in [2.05, 4.69) is 31.2 Å². The molecule has 1 rings (SSSR count). The van der Waals surface area contributed by atoms with E-state index in [9.17, 15) is 4.79 Å². The van der Waals surface area contributed by atoms with Crippen LogP contribution in [0.2, 0.25) is 0 Å². The summed E-state index contributed by atoms with van der Waals surface area (Å²) >= 11 is 0. The number of carboxylic acids is 2. The first kappa shape index (κ1) is 21.3. The first-order valence-corrected chi connectivity index (χ1v) is 7.86. The quantitative estimate of drug-likeness (QED) is 0.467. The van der Waals surface area contributed by atoms with E-state index >= 15 is 0 Å². The van der Waals surface area contributed by atoms with Crippen LogP contribution in [0.3, 0.4) is 0 Å². The van der Waals surface area contributed by atoms with Gasteiger partial charge in [-0.1, -0.05) is 0 Å². The van der Waals surface area contributed by atoms with E-state index < -0.39 is 11.9 Å². The van der Waals surface area contributed by atoms with Gasteiger partial charge in [-0.25, -0.2) is 9.59 Å². The lowest BCUT2D eigenvalue weighted by Crippen LogP contribution is -2.46. The van der Waals surface area contributed by atoms with E-state index in [1.807, 2.05) is 4.90 Å². The molecule has 1 amide bonds. The van der Waals surface area contributed by atoms with E-state index in [1.165, 1.54) is 6.42 Å². The van der Waals surface area contributed by atoms with E-state index in [4.69, 9.17) is 19.8 Å². The third-order valence-corrected chi connectivity index (χ3v) is 3.54. The number of likely N-dealkylation sites (tertiary alicyclic amines) is 1. The fraction of sp³-hybridized carbons (Fsp3) is 0.800. The van der Waals surface area contributed by atoms with Crippen molar-refractivity contribution in [1.29, 1.82) is 0 Å². The lowest BCUT2D eigenvalue weighted by molar-refractivity contribution is -0.159. The molecular weight excluding hydrogens is 302 g/mol. The van der Waals surface area contributed by atoms with Crippen molar-refractivity contribution in [3.63, 3.8) is 0 Å². The molecule has 1 aliphatic heterocycles. The van der Waals surface area contributed by atoms with Gasteiger partial charge in [0.1, 0.15) is 0 Å². The van der Waals surface area contributed by atoms with E-state index in [0.717, 1.165) is 38.9 Å². The van der Waals surface area contributed by atoms with Crippen molar-refractivity contribution in [3.05, 3.63) is 0 Å². The fourth-order valence-electron chi connectivity index (χ4n) is 2.29. The number of nitrogens with zero attached hydrogens (tertiary/aromatic N) is 2. The van der Waals surface area contributed by atoms with Gasteiger partial charge in [0.2, 0.25) is 5.91 Å². The largest absolute Gasteiger partial charge is 0.473 e. The van der Waals surface area contributed by atoms with Crippen LogP contribution in [0.4, 0.5) is 0 Å². The summed E-state index contributed by atoms with van der Waals surface area (Å²) in [6.45, 7) is 5.59. The number of hydrogen-bond acceptors (Lipinski definition) is 5. The zero-order valence-electron chi connectivity index (χ0n) is 14.2. The second-order valence-corrected chi connectivity index (χ2v) is 5.88.